The molecule has 110 valence electrons. The van der Waals surface area contributed by atoms with Crippen molar-refractivity contribution in [2.24, 2.45) is 0 Å². The zero-order valence-corrected chi connectivity index (χ0v) is 11.9. The molecule has 1 unspecified atom stereocenters. The number of rotatable bonds is 4. The van der Waals surface area contributed by atoms with E-state index in [1.165, 1.54) is 4.80 Å². The van der Waals surface area contributed by atoms with Crippen LogP contribution < -0.4 is 10.6 Å². The molecule has 0 bridgehead atoms. The molecule has 2 aromatic rings. The molecule has 0 aliphatic carbocycles. The smallest absolute Gasteiger partial charge is 0.248 e. The number of nitrogens with one attached hydrogen (secondary N) is 2. The maximum absolute atomic E-state index is 11.9. The zero-order valence-electron chi connectivity index (χ0n) is 11.9. The van der Waals surface area contributed by atoms with Crippen molar-refractivity contribution in [2.45, 2.75) is 25.8 Å². The third kappa shape index (κ3) is 3.43. The number of aromatic nitrogens is 4. The normalized spacial score (nSPS) is 17.9. The minimum absolute atomic E-state index is 0.0705. The third-order valence-corrected chi connectivity index (χ3v) is 3.51. The maximum atomic E-state index is 11.9. The molecule has 1 saturated heterocycles. The Morgan fingerprint density at radius 3 is 2.95 bits per heavy atom. The Bertz CT molecular complexity index is 615. The number of amides is 1. The van der Waals surface area contributed by atoms with E-state index in [1.807, 2.05) is 31.2 Å². The molecule has 1 atom stereocenters. The fraction of sp³-hybridized carbons (Fsp3) is 0.429. The van der Waals surface area contributed by atoms with Crippen molar-refractivity contribution in [1.29, 1.82) is 0 Å². The second-order valence-electron chi connectivity index (χ2n) is 5.28. The molecule has 1 aromatic heterocycles. The van der Waals surface area contributed by atoms with Gasteiger partial charge in [-0.15, -0.1) is 10.2 Å². The van der Waals surface area contributed by atoms with Crippen LogP contribution in [0.1, 0.15) is 23.7 Å². The summed E-state index contributed by atoms with van der Waals surface area (Å²) in [6.45, 7) is 3.93. The number of carbonyl (C=O) groups is 1. The van der Waals surface area contributed by atoms with E-state index in [1.54, 1.807) is 0 Å². The predicted molar refractivity (Wildman–Crippen MR) is 77.9 cm³/mol. The zero-order chi connectivity index (χ0) is 14.7. The van der Waals surface area contributed by atoms with Gasteiger partial charge in [0, 0.05) is 18.2 Å². The van der Waals surface area contributed by atoms with E-state index in [9.17, 15) is 4.79 Å². The molecule has 7 nitrogen and oxygen atoms in total. The Morgan fingerprint density at radius 2 is 2.24 bits per heavy atom. The van der Waals surface area contributed by atoms with Gasteiger partial charge in [0.05, 0.1) is 0 Å². The summed E-state index contributed by atoms with van der Waals surface area (Å²) in [5, 5.41) is 18.3. The molecule has 1 fully saturated rings. The largest absolute Gasteiger partial charge is 0.324 e. The fourth-order valence-electron chi connectivity index (χ4n) is 2.33. The van der Waals surface area contributed by atoms with Crippen molar-refractivity contribution in [3.63, 3.8) is 0 Å². The second-order valence-corrected chi connectivity index (χ2v) is 5.28. The summed E-state index contributed by atoms with van der Waals surface area (Å²) in [4.78, 5) is 13.3. The van der Waals surface area contributed by atoms with E-state index in [-0.39, 0.29) is 12.5 Å². The molecule has 1 aliphatic rings. The number of anilines is 1. The van der Waals surface area contributed by atoms with Crippen molar-refractivity contribution in [1.82, 2.24) is 25.5 Å². The standard InChI is InChI=1S/C14H18N6O/c1-10-2-4-12(5-3-10)16-13(21)9-20-18-14(17-19-20)11-6-7-15-8-11/h2-5,11,15H,6-9H2,1H3,(H,16,21). The summed E-state index contributed by atoms with van der Waals surface area (Å²) >= 11 is 0. The van der Waals surface area contributed by atoms with Gasteiger partial charge in [-0.2, -0.15) is 4.80 Å². The Labute approximate surface area is 122 Å². The highest BCUT2D eigenvalue weighted by molar-refractivity contribution is 5.90. The number of benzene rings is 1. The summed E-state index contributed by atoms with van der Waals surface area (Å²) in [5.41, 5.74) is 1.92. The van der Waals surface area contributed by atoms with Crippen LogP contribution in [0.25, 0.3) is 0 Å². The summed E-state index contributed by atoms with van der Waals surface area (Å²) in [6.07, 6.45) is 1.02. The van der Waals surface area contributed by atoms with Crippen molar-refractivity contribution in [2.75, 3.05) is 18.4 Å². The van der Waals surface area contributed by atoms with Crippen LogP contribution in [-0.4, -0.2) is 39.2 Å². The molecular formula is C14H18N6O. The highest BCUT2D eigenvalue weighted by Crippen LogP contribution is 2.17. The second kappa shape index (κ2) is 6.01. The van der Waals surface area contributed by atoms with Gasteiger partial charge in [-0.05, 0) is 37.2 Å². The number of aryl methyl sites for hydroxylation is 1. The molecule has 0 saturated carbocycles. The van der Waals surface area contributed by atoms with Gasteiger partial charge < -0.3 is 10.6 Å². The number of carbonyl (C=O) groups excluding carboxylic acids is 1. The van der Waals surface area contributed by atoms with Gasteiger partial charge >= 0.3 is 0 Å². The van der Waals surface area contributed by atoms with Crippen LogP contribution >= 0.6 is 0 Å². The fourth-order valence-corrected chi connectivity index (χ4v) is 2.33. The lowest BCUT2D eigenvalue weighted by molar-refractivity contribution is -0.117. The summed E-state index contributed by atoms with van der Waals surface area (Å²) in [5.74, 6) is 0.856. The van der Waals surface area contributed by atoms with Crippen LogP contribution in [0, 0.1) is 6.92 Å². The molecule has 0 radical (unpaired) electrons. The quantitative estimate of drug-likeness (QED) is 0.864. The first-order chi connectivity index (χ1) is 10.2. The lowest BCUT2D eigenvalue weighted by Crippen LogP contribution is -2.20. The van der Waals surface area contributed by atoms with E-state index in [0.29, 0.717) is 11.7 Å². The molecular weight excluding hydrogens is 268 g/mol. The van der Waals surface area contributed by atoms with Crippen LogP contribution in [0.4, 0.5) is 5.69 Å². The lowest BCUT2D eigenvalue weighted by Gasteiger charge is -2.04. The molecule has 0 spiro atoms. The highest BCUT2D eigenvalue weighted by Gasteiger charge is 2.21. The minimum Gasteiger partial charge on any atom is -0.324 e. The van der Waals surface area contributed by atoms with E-state index < -0.39 is 0 Å². The first-order valence-electron chi connectivity index (χ1n) is 7.05. The molecule has 2 heterocycles. The van der Waals surface area contributed by atoms with Crippen molar-refractivity contribution in [3.05, 3.63) is 35.7 Å². The predicted octanol–water partition coefficient (Wildman–Crippen LogP) is 0.697. The number of hydrogen-bond donors (Lipinski definition) is 2. The van der Waals surface area contributed by atoms with Crippen LogP contribution in [0.2, 0.25) is 0 Å². The van der Waals surface area contributed by atoms with Gasteiger partial charge in [0.15, 0.2) is 5.82 Å². The number of nitrogens with zero attached hydrogens (tertiary/aromatic N) is 4. The molecule has 21 heavy (non-hydrogen) atoms. The van der Waals surface area contributed by atoms with E-state index in [2.05, 4.69) is 26.0 Å². The molecule has 1 aliphatic heterocycles. The molecule has 1 amide bonds. The van der Waals surface area contributed by atoms with Crippen LogP contribution in [0.15, 0.2) is 24.3 Å². The summed E-state index contributed by atoms with van der Waals surface area (Å²) in [6, 6.07) is 7.65. The SMILES string of the molecule is Cc1ccc(NC(=O)Cn2nnc(C3CCNC3)n2)cc1. The monoisotopic (exact) mass is 286 g/mol. The highest BCUT2D eigenvalue weighted by atomic mass is 16.2. The third-order valence-electron chi connectivity index (χ3n) is 3.51. The van der Waals surface area contributed by atoms with Gasteiger partial charge in [0.1, 0.15) is 6.54 Å². The van der Waals surface area contributed by atoms with Gasteiger partial charge in [0.25, 0.3) is 0 Å². The van der Waals surface area contributed by atoms with Crippen LogP contribution in [-0.2, 0) is 11.3 Å². The summed E-state index contributed by atoms with van der Waals surface area (Å²) < 4.78 is 0. The average Bonchev–Trinajstić information content (AvgIpc) is 3.12. The maximum Gasteiger partial charge on any atom is 0.248 e. The van der Waals surface area contributed by atoms with Gasteiger partial charge in [0.2, 0.25) is 5.91 Å². The van der Waals surface area contributed by atoms with Crippen molar-refractivity contribution >= 4 is 11.6 Å². The first kappa shape index (κ1) is 13.7. The van der Waals surface area contributed by atoms with Crippen LogP contribution in [0.5, 0.6) is 0 Å². The van der Waals surface area contributed by atoms with Crippen molar-refractivity contribution in [3.8, 4) is 0 Å². The van der Waals surface area contributed by atoms with Gasteiger partial charge in [-0.3, -0.25) is 4.79 Å². The van der Waals surface area contributed by atoms with E-state index >= 15 is 0 Å². The van der Waals surface area contributed by atoms with Crippen molar-refractivity contribution < 1.29 is 4.79 Å². The average molecular weight is 286 g/mol. The topological polar surface area (TPSA) is 84.7 Å². The van der Waals surface area contributed by atoms with E-state index in [4.69, 9.17) is 0 Å². The number of tetrazole rings is 1. The van der Waals surface area contributed by atoms with Gasteiger partial charge in [-0.25, -0.2) is 0 Å². The van der Waals surface area contributed by atoms with E-state index in [0.717, 1.165) is 30.8 Å². The minimum atomic E-state index is -0.160. The molecule has 3 rings (SSSR count). The van der Waals surface area contributed by atoms with Crippen LogP contribution in [0.3, 0.4) is 0 Å². The Kier molecular flexibility index (Phi) is 3.92. The molecule has 2 N–H and O–H groups in total. The Balaban J connectivity index is 1.58. The Morgan fingerprint density at radius 1 is 1.43 bits per heavy atom. The Hall–Kier alpha value is -2.28. The molecule has 7 heteroatoms. The summed E-state index contributed by atoms with van der Waals surface area (Å²) in [7, 11) is 0. The van der Waals surface area contributed by atoms with Gasteiger partial charge in [-0.1, -0.05) is 17.7 Å². The lowest BCUT2D eigenvalue weighted by atomic mass is 10.1. The number of hydrogen-bond acceptors (Lipinski definition) is 5. The first-order valence-corrected chi connectivity index (χ1v) is 7.05. The molecule has 1 aromatic carbocycles.